The maximum absolute atomic E-state index is 11.0. The lowest BCUT2D eigenvalue weighted by molar-refractivity contribution is -0.143. The molecule has 1 heterocycles. The Morgan fingerprint density at radius 3 is 2.52 bits per heavy atom. The minimum Gasteiger partial charge on any atom is -0.481 e. The van der Waals surface area contributed by atoms with E-state index in [4.69, 9.17) is 5.11 Å². The maximum Gasteiger partial charge on any atom is 0.306 e. The molecular weight excluding hydrogens is 264 g/mol. The minimum atomic E-state index is -0.641. The summed E-state index contributed by atoms with van der Waals surface area (Å²) in [4.78, 5) is 15.7. The van der Waals surface area contributed by atoms with Crippen molar-refractivity contribution in [3.8, 4) is 0 Å². The van der Waals surface area contributed by atoms with Crippen molar-refractivity contribution in [3.63, 3.8) is 0 Å². The van der Waals surface area contributed by atoms with Crippen LogP contribution in [0.1, 0.15) is 32.3 Å². The van der Waals surface area contributed by atoms with E-state index in [2.05, 4.69) is 47.9 Å². The number of carboxylic acid groups (broad SMARTS) is 1. The Kier molecular flexibility index (Phi) is 5.62. The monoisotopic (exact) mass is 290 g/mol. The first-order valence-corrected chi connectivity index (χ1v) is 7.93. The van der Waals surface area contributed by atoms with Gasteiger partial charge in [0.1, 0.15) is 0 Å². The summed E-state index contributed by atoms with van der Waals surface area (Å²) in [7, 11) is 0. The number of rotatable bonds is 6. The number of likely N-dealkylation sites (tertiary alicyclic amines) is 1. The highest BCUT2D eigenvalue weighted by Gasteiger charge is 2.24. The third kappa shape index (κ3) is 4.21. The van der Waals surface area contributed by atoms with Gasteiger partial charge < -0.3 is 10.0 Å². The molecule has 4 heteroatoms. The number of anilines is 1. The fraction of sp³-hybridized carbons (Fsp3) is 0.588. The Labute approximate surface area is 127 Å². The first-order chi connectivity index (χ1) is 10.1. The summed E-state index contributed by atoms with van der Waals surface area (Å²) >= 11 is 0. The van der Waals surface area contributed by atoms with E-state index in [1.165, 1.54) is 11.3 Å². The Balaban J connectivity index is 1.95. The van der Waals surface area contributed by atoms with Gasteiger partial charge in [0.05, 0.1) is 5.92 Å². The normalized spacial score (nSPS) is 16.9. The zero-order chi connectivity index (χ0) is 15.2. The van der Waals surface area contributed by atoms with Crippen LogP contribution in [-0.4, -0.2) is 42.2 Å². The predicted octanol–water partition coefficient (Wildman–Crippen LogP) is 2.83. The van der Waals surface area contributed by atoms with E-state index >= 15 is 0 Å². The number of benzene rings is 1. The van der Waals surface area contributed by atoms with Crippen LogP contribution in [0.2, 0.25) is 0 Å². The Morgan fingerprint density at radius 1 is 1.29 bits per heavy atom. The van der Waals surface area contributed by atoms with Crippen molar-refractivity contribution in [2.75, 3.05) is 31.1 Å². The van der Waals surface area contributed by atoms with Crippen LogP contribution in [0.4, 0.5) is 5.69 Å². The fourth-order valence-electron chi connectivity index (χ4n) is 3.04. The predicted molar refractivity (Wildman–Crippen MR) is 85.6 cm³/mol. The topological polar surface area (TPSA) is 43.8 Å². The molecule has 116 valence electrons. The molecule has 1 aliphatic heterocycles. The Morgan fingerprint density at radius 2 is 1.95 bits per heavy atom. The van der Waals surface area contributed by atoms with Gasteiger partial charge >= 0.3 is 5.97 Å². The van der Waals surface area contributed by atoms with Crippen molar-refractivity contribution in [1.82, 2.24) is 4.90 Å². The summed E-state index contributed by atoms with van der Waals surface area (Å²) in [6.07, 6.45) is 1.54. The van der Waals surface area contributed by atoms with Gasteiger partial charge in [0.25, 0.3) is 0 Å². The summed E-state index contributed by atoms with van der Waals surface area (Å²) in [5.74, 6) is -0.790. The molecule has 2 rings (SSSR count). The van der Waals surface area contributed by atoms with Gasteiger partial charge in [-0.3, -0.25) is 9.69 Å². The third-order valence-corrected chi connectivity index (χ3v) is 4.38. The van der Waals surface area contributed by atoms with E-state index < -0.39 is 5.97 Å². The molecule has 21 heavy (non-hydrogen) atoms. The first kappa shape index (κ1) is 15.8. The number of hydrogen-bond acceptors (Lipinski definition) is 3. The molecule has 0 unspecified atom stereocenters. The lowest BCUT2D eigenvalue weighted by atomic mass is 9.97. The lowest BCUT2D eigenvalue weighted by Gasteiger charge is -2.30. The summed E-state index contributed by atoms with van der Waals surface area (Å²) in [6.45, 7) is 9.06. The third-order valence-electron chi connectivity index (χ3n) is 4.38. The average Bonchev–Trinajstić information content (AvgIpc) is 2.49. The molecule has 4 nitrogen and oxygen atoms in total. The van der Waals surface area contributed by atoms with Gasteiger partial charge in [0, 0.05) is 25.3 Å². The fourth-order valence-corrected chi connectivity index (χ4v) is 3.04. The molecule has 1 aromatic carbocycles. The zero-order valence-corrected chi connectivity index (χ0v) is 13.1. The van der Waals surface area contributed by atoms with E-state index in [1.807, 2.05) is 0 Å². The number of carboxylic acids is 1. The molecule has 0 amide bonds. The highest BCUT2D eigenvalue weighted by atomic mass is 16.4. The van der Waals surface area contributed by atoms with Crippen LogP contribution in [0.3, 0.4) is 0 Å². The van der Waals surface area contributed by atoms with Crippen LogP contribution in [0.5, 0.6) is 0 Å². The van der Waals surface area contributed by atoms with Gasteiger partial charge in [-0.05, 0) is 57.5 Å². The first-order valence-electron chi connectivity index (χ1n) is 7.93. The zero-order valence-electron chi connectivity index (χ0n) is 13.1. The number of nitrogens with zero attached hydrogens (tertiary/aromatic N) is 2. The van der Waals surface area contributed by atoms with Gasteiger partial charge in [-0.15, -0.1) is 0 Å². The van der Waals surface area contributed by atoms with Crippen LogP contribution in [0, 0.1) is 5.92 Å². The second-order valence-electron chi connectivity index (χ2n) is 5.73. The molecular formula is C17H26N2O2. The van der Waals surface area contributed by atoms with Gasteiger partial charge in [0.2, 0.25) is 0 Å². The molecule has 1 aliphatic rings. The van der Waals surface area contributed by atoms with E-state index in [9.17, 15) is 4.79 Å². The molecule has 0 aliphatic carbocycles. The van der Waals surface area contributed by atoms with Crippen molar-refractivity contribution in [2.24, 2.45) is 5.92 Å². The van der Waals surface area contributed by atoms with E-state index in [0.717, 1.165) is 45.6 Å². The quantitative estimate of drug-likeness (QED) is 0.875. The van der Waals surface area contributed by atoms with E-state index in [-0.39, 0.29) is 5.92 Å². The molecule has 0 atom stereocenters. The number of aliphatic carboxylic acids is 1. The van der Waals surface area contributed by atoms with Gasteiger partial charge in [-0.1, -0.05) is 12.1 Å². The van der Waals surface area contributed by atoms with Crippen LogP contribution < -0.4 is 4.90 Å². The second kappa shape index (κ2) is 7.46. The molecule has 0 aromatic heterocycles. The minimum absolute atomic E-state index is 0.150. The van der Waals surface area contributed by atoms with Crippen molar-refractivity contribution in [2.45, 2.75) is 33.2 Å². The summed E-state index contributed by atoms with van der Waals surface area (Å²) in [6, 6.07) is 8.70. The number of carbonyl (C=O) groups is 1. The van der Waals surface area contributed by atoms with Crippen LogP contribution in [0.15, 0.2) is 24.3 Å². The standard InChI is InChI=1S/C17H26N2O2/c1-3-19(4-2)16-7-5-6-14(12-16)13-18-10-8-15(9-11-18)17(20)21/h5-7,12,15H,3-4,8-11,13H2,1-2H3,(H,20,21). The molecule has 0 spiro atoms. The average molecular weight is 290 g/mol. The van der Waals surface area contributed by atoms with Crippen molar-refractivity contribution in [1.29, 1.82) is 0 Å². The Hall–Kier alpha value is -1.55. The SMILES string of the molecule is CCN(CC)c1cccc(CN2CCC(C(=O)O)CC2)c1. The number of piperidine rings is 1. The van der Waals surface area contributed by atoms with Gasteiger partial charge in [0.15, 0.2) is 0 Å². The van der Waals surface area contributed by atoms with Crippen LogP contribution in [0.25, 0.3) is 0 Å². The molecule has 0 saturated carbocycles. The Bertz CT molecular complexity index is 464. The largest absolute Gasteiger partial charge is 0.481 e. The molecule has 1 fully saturated rings. The van der Waals surface area contributed by atoms with Crippen molar-refractivity contribution in [3.05, 3.63) is 29.8 Å². The van der Waals surface area contributed by atoms with E-state index in [1.54, 1.807) is 0 Å². The molecule has 1 aromatic rings. The van der Waals surface area contributed by atoms with Crippen LogP contribution in [-0.2, 0) is 11.3 Å². The number of hydrogen-bond donors (Lipinski definition) is 1. The highest BCUT2D eigenvalue weighted by molar-refractivity contribution is 5.70. The van der Waals surface area contributed by atoms with Crippen molar-refractivity contribution >= 4 is 11.7 Å². The summed E-state index contributed by atoms with van der Waals surface area (Å²) in [5, 5.41) is 9.04. The summed E-state index contributed by atoms with van der Waals surface area (Å²) < 4.78 is 0. The smallest absolute Gasteiger partial charge is 0.306 e. The molecule has 1 N–H and O–H groups in total. The second-order valence-corrected chi connectivity index (χ2v) is 5.73. The molecule has 0 bridgehead atoms. The van der Waals surface area contributed by atoms with Gasteiger partial charge in [-0.25, -0.2) is 0 Å². The van der Waals surface area contributed by atoms with E-state index in [0.29, 0.717) is 0 Å². The summed E-state index contributed by atoms with van der Waals surface area (Å²) in [5.41, 5.74) is 2.59. The van der Waals surface area contributed by atoms with Crippen molar-refractivity contribution < 1.29 is 9.90 Å². The molecule has 0 radical (unpaired) electrons. The van der Waals surface area contributed by atoms with Gasteiger partial charge in [-0.2, -0.15) is 0 Å². The molecule has 1 saturated heterocycles. The lowest BCUT2D eigenvalue weighted by Crippen LogP contribution is -2.35. The highest BCUT2D eigenvalue weighted by Crippen LogP contribution is 2.21. The van der Waals surface area contributed by atoms with Crippen LogP contribution >= 0.6 is 0 Å². The maximum atomic E-state index is 11.0.